The maximum Gasteiger partial charge on any atom is -0.00365 e. The van der Waals surface area contributed by atoms with E-state index in [0.717, 1.165) is 19.3 Å². The number of hydrogen-bond acceptors (Lipinski definition) is 1. The molecule has 2 N–H and O–H groups in total. The lowest BCUT2D eigenvalue weighted by Crippen LogP contribution is -1.98. The van der Waals surface area contributed by atoms with Gasteiger partial charge in [0.2, 0.25) is 0 Å². The fourth-order valence-corrected chi connectivity index (χ4v) is 3.63. The van der Waals surface area contributed by atoms with Crippen LogP contribution in [-0.2, 0) is 6.42 Å². The van der Waals surface area contributed by atoms with Gasteiger partial charge in [0.05, 0.1) is 0 Å². The van der Waals surface area contributed by atoms with Gasteiger partial charge in [-0.2, -0.15) is 0 Å². The minimum Gasteiger partial charge on any atom is -0.330 e. The minimum absolute atomic E-state index is 0.691. The number of hydrogen-bond donors (Lipinski definition) is 1. The van der Waals surface area contributed by atoms with Gasteiger partial charge in [-0.25, -0.2) is 0 Å². The smallest absolute Gasteiger partial charge is 0.00365 e. The second-order valence-corrected chi connectivity index (χ2v) is 6.21. The predicted molar refractivity (Wildman–Crippen MR) is 99.8 cm³/mol. The van der Waals surface area contributed by atoms with Crippen LogP contribution in [0.25, 0.3) is 23.3 Å². The van der Waals surface area contributed by atoms with Crippen LogP contribution in [-0.4, -0.2) is 6.54 Å². The molecule has 0 heterocycles. The van der Waals surface area contributed by atoms with Gasteiger partial charge in [0.25, 0.3) is 0 Å². The van der Waals surface area contributed by atoms with Gasteiger partial charge in [-0.15, -0.1) is 0 Å². The standard InChI is InChI=1S/C22H21N/c23-13-12-18-15-19(22-11-4-3-10-21(18)22)14-17-8-5-7-16-6-1-2-9-20(16)17/h2-5,7-11,14-15H,1,6,12-13,23H2/b19-14+. The van der Waals surface area contributed by atoms with E-state index < -0.39 is 0 Å². The highest BCUT2D eigenvalue weighted by atomic mass is 14.5. The van der Waals surface area contributed by atoms with Crippen molar-refractivity contribution in [3.63, 3.8) is 0 Å². The lowest BCUT2D eigenvalue weighted by Gasteiger charge is -2.13. The SMILES string of the molecule is NCCC1=C/C(=C\c2cccc3c2C=CCC3)c2ccccc21. The first-order valence-electron chi connectivity index (χ1n) is 8.37. The highest BCUT2D eigenvalue weighted by Crippen LogP contribution is 2.38. The summed E-state index contributed by atoms with van der Waals surface area (Å²) < 4.78 is 0. The summed E-state index contributed by atoms with van der Waals surface area (Å²) in [5.74, 6) is 0. The van der Waals surface area contributed by atoms with Crippen molar-refractivity contribution < 1.29 is 0 Å². The highest BCUT2D eigenvalue weighted by molar-refractivity contribution is 6.02. The number of rotatable bonds is 3. The van der Waals surface area contributed by atoms with Crippen molar-refractivity contribution >= 4 is 23.3 Å². The third kappa shape index (κ3) is 2.58. The van der Waals surface area contributed by atoms with Gasteiger partial charge in [-0.3, -0.25) is 0 Å². The molecule has 0 saturated carbocycles. The Morgan fingerprint density at radius 2 is 1.87 bits per heavy atom. The molecule has 2 aromatic carbocycles. The summed E-state index contributed by atoms with van der Waals surface area (Å²) in [6, 6.07) is 15.3. The van der Waals surface area contributed by atoms with Crippen molar-refractivity contribution in [2.45, 2.75) is 19.3 Å². The number of benzene rings is 2. The van der Waals surface area contributed by atoms with E-state index in [1.165, 1.54) is 39.0 Å². The van der Waals surface area contributed by atoms with Crippen LogP contribution in [0.4, 0.5) is 0 Å². The number of nitrogens with two attached hydrogens (primary N) is 1. The van der Waals surface area contributed by atoms with E-state index in [-0.39, 0.29) is 0 Å². The monoisotopic (exact) mass is 299 g/mol. The van der Waals surface area contributed by atoms with Gasteiger partial charge in [-0.1, -0.05) is 60.7 Å². The molecule has 0 radical (unpaired) electrons. The van der Waals surface area contributed by atoms with Crippen molar-refractivity contribution in [2.24, 2.45) is 5.73 Å². The van der Waals surface area contributed by atoms with Crippen LogP contribution < -0.4 is 5.73 Å². The van der Waals surface area contributed by atoms with Gasteiger partial charge in [0.15, 0.2) is 0 Å². The van der Waals surface area contributed by atoms with Gasteiger partial charge in [-0.05, 0) is 70.8 Å². The molecule has 0 unspecified atom stereocenters. The molecule has 114 valence electrons. The van der Waals surface area contributed by atoms with E-state index >= 15 is 0 Å². The Balaban J connectivity index is 1.83. The molecular weight excluding hydrogens is 278 g/mol. The molecule has 0 fully saturated rings. The maximum atomic E-state index is 5.79. The highest BCUT2D eigenvalue weighted by Gasteiger charge is 2.17. The van der Waals surface area contributed by atoms with Crippen molar-refractivity contribution in [2.75, 3.05) is 6.54 Å². The molecule has 0 bridgehead atoms. The van der Waals surface area contributed by atoms with E-state index in [1.54, 1.807) is 0 Å². The zero-order valence-electron chi connectivity index (χ0n) is 13.3. The summed E-state index contributed by atoms with van der Waals surface area (Å²) in [6.07, 6.45) is 12.4. The van der Waals surface area contributed by atoms with E-state index in [4.69, 9.17) is 5.73 Å². The Morgan fingerprint density at radius 1 is 1.00 bits per heavy atom. The number of allylic oxidation sites excluding steroid dienone is 3. The molecule has 0 amide bonds. The zero-order valence-corrected chi connectivity index (χ0v) is 13.3. The summed E-state index contributed by atoms with van der Waals surface area (Å²) in [4.78, 5) is 0. The first-order valence-corrected chi connectivity index (χ1v) is 8.37. The molecule has 0 spiro atoms. The van der Waals surface area contributed by atoms with Crippen molar-refractivity contribution in [3.8, 4) is 0 Å². The first kappa shape index (κ1) is 14.2. The molecule has 0 atom stereocenters. The third-order valence-corrected chi connectivity index (χ3v) is 4.73. The van der Waals surface area contributed by atoms with Crippen LogP contribution in [0.5, 0.6) is 0 Å². The quantitative estimate of drug-likeness (QED) is 0.854. The average Bonchev–Trinajstić information content (AvgIpc) is 2.94. The van der Waals surface area contributed by atoms with Gasteiger partial charge < -0.3 is 5.73 Å². The second kappa shape index (κ2) is 6.02. The number of fused-ring (bicyclic) bond motifs is 2. The van der Waals surface area contributed by atoms with Crippen LogP contribution in [0, 0.1) is 0 Å². The average molecular weight is 299 g/mol. The summed E-state index contributed by atoms with van der Waals surface area (Å²) in [5, 5.41) is 0. The molecule has 1 heteroatoms. The van der Waals surface area contributed by atoms with Gasteiger partial charge >= 0.3 is 0 Å². The number of aryl methyl sites for hydroxylation is 1. The van der Waals surface area contributed by atoms with Crippen molar-refractivity contribution in [3.05, 3.63) is 82.4 Å². The Kier molecular flexibility index (Phi) is 3.72. The Bertz CT molecular complexity index is 837. The first-order chi connectivity index (χ1) is 11.4. The molecule has 2 aromatic rings. The predicted octanol–water partition coefficient (Wildman–Crippen LogP) is 4.93. The lowest BCUT2D eigenvalue weighted by molar-refractivity contribution is 0.985. The topological polar surface area (TPSA) is 26.0 Å². The van der Waals surface area contributed by atoms with E-state index in [2.05, 4.69) is 66.8 Å². The van der Waals surface area contributed by atoms with Crippen LogP contribution in [0.3, 0.4) is 0 Å². The molecule has 4 rings (SSSR count). The maximum absolute atomic E-state index is 5.79. The molecule has 2 aliphatic rings. The second-order valence-electron chi connectivity index (χ2n) is 6.21. The summed E-state index contributed by atoms with van der Waals surface area (Å²) in [5.41, 5.74) is 15.3. The van der Waals surface area contributed by atoms with Crippen LogP contribution in [0.15, 0.2) is 54.6 Å². The van der Waals surface area contributed by atoms with Crippen LogP contribution in [0.2, 0.25) is 0 Å². The molecule has 23 heavy (non-hydrogen) atoms. The summed E-state index contributed by atoms with van der Waals surface area (Å²) >= 11 is 0. The summed E-state index contributed by atoms with van der Waals surface area (Å²) in [6.45, 7) is 0.691. The van der Waals surface area contributed by atoms with E-state index in [1.807, 2.05) is 0 Å². The minimum atomic E-state index is 0.691. The van der Waals surface area contributed by atoms with Crippen LogP contribution in [0.1, 0.15) is 40.7 Å². The summed E-state index contributed by atoms with van der Waals surface area (Å²) in [7, 11) is 0. The molecule has 0 aliphatic heterocycles. The largest absolute Gasteiger partial charge is 0.330 e. The molecule has 0 aromatic heterocycles. The fourth-order valence-electron chi connectivity index (χ4n) is 3.63. The van der Waals surface area contributed by atoms with Gasteiger partial charge in [0.1, 0.15) is 0 Å². The molecule has 0 saturated heterocycles. The Hall–Kier alpha value is -2.38. The zero-order chi connectivity index (χ0) is 15.6. The Labute approximate surface area is 137 Å². The van der Waals surface area contributed by atoms with E-state index in [9.17, 15) is 0 Å². The fraction of sp³-hybridized carbons (Fsp3) is 0.182. The molecule has 2 aliphatic carbocycles. The van der Waals surface area contributed by atoms with Crippen molar-refractivity contribution in [1.29, 1.82) is 0 Å². The molecule has 1 nitrogen and oxygen atoms in total. The van der Waals surface area contributed by atoms with E-state index in [0.29, 0.717) is 6.54 Å². The normalized spacial score (nSPS) is 17.1. The van der Waals surface area contributed by atoms with Crippen LogP contribution >= 0.6 is 0 Å². The third-order valence-electron chi connectivity index (χ3n) is 4.73. The lowest BCUT2D eigenvalue weighted by atomic mass is 9.92. The Morgan fingerprint density at radius 3 is 2.74 bits per heavy atom. The molecular formula is C22H21N. The van der Waals surface area contributed by atoms with Crippen molar-refractivity contribution in [1.82, 2.24) is 0 Å². The van der Waals surface area contributed by atoms with Gasteiger partial charge in [0, 0.05) is 0 Å².